The van der Waals surface area contributed by atoms with Crippen LogP contribution in [0.2, 0.25) is 0 Å². The van der Waals surface area contributed by atoms with E-state index in [4.69, 9.17) is 9.90 Å². The number of carboxylic acids is 1. The molecule has 108 valence electrons. The third-order valence-electron chi connectivity index (χ3n) is 2.43. The van der Waals surface area contributed by atoms with Crippen LogP contribution in [0.15, 0.2) is 9.32 Å². The first-order valence-electron chi connectivity index (χ1n) is 5.37. The molecule has 1 aromatic heterocycles. The van der Waals surface area contributed by atoms with Gasteiger partial charge in [-0.25, -0.2) is 9.59 Å². The maximum Gasteiger partial charge on any atom is 0.490 e. The largest absolute Gasteiger partial charge is 0.490 e. The zero-order chi connectivity index (χ0) is 14.5. The first kappa shape index (κ1) is 15.2. The Bertz CT molecular complexity index is 462. The van der Waals surface area contributed by atoms with Crippen molar-refractivity contribution < 1.29 is 27.6 Å². The lowest BCUT2D eigenvalue weighted by atomic mass is 9.98. The number of nitrogens with one attached hydrogen (secondary N) is 2. The van der Waals surface area contributed by atoms with Crippen molar-refractivity contribution in [2.45, 2.75) is 24.9 Å². The number of nitrogens with zero attached hydrogens (tertiary/aromatic N) is 1. The van der Waals surface area contributed by atoms with Crippen molar-refractivity contribution in [3.63, 3.8) is 0 Å². The maximum atomic E-state index is 10.6. The molecule has 0 saturated carbocycles. The maximum absolute atomic E-state index is 10.6. The normalized spacial score (nSPS) is 16.6. The van der Waals surface area contributed by atoms with E-state index < -0.39 is 17.9 Å². The molecule has 1 aromatic rings. The minimum absolute atomic E-state index is 0.359. The Labute approximate surface area is 104 Å². The van der Waals surface area contributed by atoms with Crippen LogP contribution in [-0.2, 0) is 4.79 Å². The molecule has 0 aromatic carbocycles. The van der Waals surface area contributed by atoms with Gasteiger partial charge in [-0.1, -0.05) is 5.16 Å². The average molecular weight is 283 g/mol. The highest BCUT2D eigenvalue weighted by Crippen LogP contribution is 2.20. The van der Waals surface area contributed by atoms with Crippen LogP contribution in [0, 0.1) is 0 Å². The standard InChI is InChI=1S/C7H11N3O2.C2HF3O2/c11-7-9-6(10-12-7)5-1-3-8-4-2-5;3-2(4,5)1(6)7/h5,8H,1-4H2,(H,9,10,11);(H,6,7). The number of piperidine rings is 1. The van der Waals surface area contributed by atoms with Crippen LogP contribution in [0.5, 0.6) is 0 Å². The molecule has 0 amide bonds. The second-order valence-electron chi connectivity index (χ2n) is 3.81. The van der Waals surface area contributed by atoms with E-state index in [9.17, 15) is 18.0 Å². The number of alkyl halides is 3. The summed E-state index contributed by atoms with van der Waals surface area (Å²) in [6, 6.07) is 0. The second-order valence-corrected chi connectivity index (χ2v) is 3.81. The zero-order valence-corrected chi connectivity index (χ0v) is 9.66. The molecule has 0 atom stereocenters. The highest BCUT2D eigenvalue weighted by molar-refractivity contribution is 5.73. The van der Waals surface area contributed by atoms with E-state index >= 15 is 0 Å². The minimum Gasteiger partial charge on any atom is -0.475 e. The summed E-state index contributed by atoms with van der Waals surface area (Å²) in [7, 11) is 0. The first-order chi connectivity index (χ1) is 8.80. The van der Waals surface area contributed by atoms with Crippen molar-refractivity contribution in [3.8, 4) is 0 Å². The van der Waals surface area contributed by atoms with Crippen molar-refractivity contribution in [2.75, 3.05) is 13.1 Å². The van der Waals surface area contributed by atoms with Crippen LogP contribution in [-0.4, -0.2) is 40.5 Å². The summed E-state index contributed by atoms with van der Waals surface area (Å²) in [5.74, 6) is -2.16. The van der Waals surface area contributed by atoms with Gasteiger partial charge >= 0.3 is 17.9 Å². The Morgan fingerprint density at radius 1 is 1.37 bits per heavy atom. The quantitative estimate of drug-likeness (QED) is 0.691. The van der Waals surface area contributed by atoms with E-state index in [1.807, 2.05) is 0 Å². The Balaban J connectivity index is 0.000000224. The molecule has 10 heteroatoms. The molecular formula is C9H12F3N3O4. The Morgan fingerprint density at radius 3 is 2.26 bits per heavy atom. The summed E-state index contributed by atoms with van der Waals surface area (Å²) in [4.78, 5) is 22.1. The number of carboxylic acid groups (broad SMARTS) is 1. The van der Waals surface area contributed by atoms with E-state index in [2.05, 4.69) is 20.0 Å². The van der Waals surface area contributed by atoms with Gasteiger partial charge in [0.25, 0.3) is 0 Å². The summed E-state index contributed by atoms with van der Waals surface area (Å²) < 4.78 is 36.2. The fraction of sp³-hybridized carbons (Fsp3) is 0.667. The van der Waals surface area contributed by atoms with Crippen molar-refractivity contribution >= 4 is 5.97 Å². The molecule has 1 aliphatic heterocycles. The van der Waals surface area contributed by atoms with Gasteiger partial charge < -0.3 is 10.4 Å². The number of aliphatic carboxylic acids is 1. The van der Waals surface area contributed by atoms with Crippen LogP contribution in [0.1, 0.15) is 24.6 Å². The van der Waals surface area contributed by atoms with Crippen LogP contribution < -0.4 is 11.1 Å². The van der Waals surface area contributed by atoms with E-state index in [1.165, 1.54) is 0 Å². The monoisotopic (exact) mass is 283 g/mol. The lowest BCUT2D eigenvalue weighted by Crippen LogP contribution is -2.27. The molecule has 1 fully saturated rings. The summed E-state index contributed by atoms with van der Waals surface area (Å²) in [6.45, 7) is 1.97. The number of hydrogen-bond donors (Lipinski definition) is 3. The van der Waals surface area contributed by atoms with Gasteiger partial charge in [-0.05, 0) is 25.9 Å². The highest BCUT2D eigenvalue weighted by Gasteiger charge is 2.38. The molecule has 0 bridgehead atoms. The van der Waals surface area contributed by atoms with Gasteiger partial charge in [-0.15, -0.1) is 0 Å². The van der Waals surface area contributed by atoms with Gasteiger partial charge in [0.2, 0.25) is 0 Å². The summed E-state index contributed by atoms with van der Waals surface area (Å²) >= 11 is 0. The van der Waals surface area contributed by atoms with Gasteiger partial charge in [0.1, 0.15) is 0 Å². The van der Waals surface area contributed by atoms with Crippen molar-refractivity contribution in [1.82, 2.24) is 15.5 Å². The SMILES string of the molecule is O=C(O)C(F)(F)F.O=c1[nH]c(C2CCNCC2)no1. The van der Waals surface area contributed by atoms with Gasteiger partial charge in [0.05, 0.1) is 0 Å². The molecule has 3 N–H and O–H groups in total. The predicted octanol–water partition coefficient (Wildman–Crippen LogP) is 0.463. The first-order valence-corrected chi connectivity index (χ1v) is 5.37. The number of rotatable bonds is 1. The predicted molar refractivity (Wildman–Crippen MR) is 55.7 cm³/mol. The highest BCUT2D eigenvalue weighted by atomic mass is 19.4. The van der Waals surface area contributed by atoms with E-state index in [-0.39, 0.29) is 0 Å². The van der Waals surface area contributed by atoms with Crippen LogP contribution in [0.4, 0.5) is 13.2 Å². The minimum atomic E-state index is -5.08. The lowest BCUT2D eigenvalue weighted by Gasteiger charge is -2.19. The molecule has 7 nitrogen and oxygen atoms in total. The number of hydrogen-bond acceptors (Lipinski definition) is 5. The number of H-pyrrole nitrogens is 1. The molecule has 2 heterocycles. The Kier molecular flexibility index (Phi) is 5.10. The van der Waals surface area contributed by atoms with E-state index in [1.54, 1.807) is 0 Å². The van der Waals surface area contributed by atoms with Gasteiger partial charge in [0, 0.05) is 5.92 Å². The van der Waals surface area contributed by atoms with Crippen molar-refractivity contribution in [1.29, 1.82) is 0 Å². The molecule has 2 rings (SSSR count). The molecule has 0 aliphatic carbocycles. The van der Waals surface area contributed by atoms with Crippen LogP contribution >= 0.6 is 0 Å². The lowest BCUT2D eigenvalue weighted by molar-refractivity contribution is -0.192. The third-order valence-corrected chi connectivity index (χ3v) is 2.43. The fourth-order valence-corrected chi connectivity index (χ4v) is 1.51. The van der Waals surface area contributed by atoms with Crippen LogP contribution in [0.25, 0.3) is 0 Å². The molecule has 0 radical (unpaired) electrons. The summed E-state index contributed by atoms with van der Waals surface area (Å²) in [5, 5.41) is 14.0. The number of carbonyl (C=O) groups is 1. The smallest absolute Gasteiger partial charge is 0.475 e. The van der Waals surface area contributed by atoms with Gasteiger partial charge in [0.15, 0.2) is 5.82 Å². The van der Waals surface area contributed by atoms with Crippen LogP contribution in [0.3, 0.4) is 0 Å². The van der Waals surface area contributed by atoms with E-state index in [0.717, 1.165) is 25.9 Å². The number of halogens is 3. The molecule has 0 unspecified atom stereocenters. The third kappa shape index (κ3) is 5.12. The molecule has 19 heavy (non-hydrogen) atoms. The molecule has 0 spiro atoms. The van der Waals surface area contributed by atoms with E-state index in [0.29, 0.717) is 11.7 Å². The topological polar surface area (TPSA) is 108 Å². The van der Waals surface area contributed by atoms with Crippen molar-refractivity contribution in [3.05, 3.63) is 16.4 Å². The second kappa shape index (κ2) is 6.36. The average Bonchev–Trinajstić information content (AvgIpc) is 2.77. The Hall–Kier alpha value is -1.84. The summed E-state index contributed by atoms with van der Waals surface area (Å²) in [5.41, 5.74) is 0. The number of aromatic nitrogens is 2. The molecular weight excluding hydrogens is 271 g/mol. The summed E-state index contributed by atoms with van der Waals surface area (Å²) in [6.07, 6.45) is -3.05. The van der Waals surface area contributed by atoms with Gasteiger partial charge in [-0.3, -0.25) is 9.51 Å². The molecule has 1 aliphatic rings. The number of aromatic amines is 1. The Morgan fingerprint density at radius 2 is 1.89 bits per heavy atom. The zero-order valence-electron chi connectivity index (χ0n) is 9.66. The fourth-order valence-electron chi connectivity index (χ4n) is 1.51. The van der Waals surface area contributed by atoms with Gasteiger partial charge in [-0.2, -0.15) is 13.2 Å². The molecule has 1 saturated heterocycles. The van der Waals surface area contributed by atoms with Crippen molar-refractivity contribution in [2.24, 2.45) is 0 Å².